The highest BCUT2D eigenvalue weighted by atomic mass is 79.9. The molecule has 1 N–H and O–H groups in total. The minimum Gasteiger partial charge on any atom is -0.469 e. The molecule has 8 heteroatoms. The predicted octanol–water partition coefficient (Wildman–Crippen LogP) is 3.28. The van der Waals surface area contributed by atoms with Crippen LogP contribution in [0.5, 0.6) is 0 Å². The second-order valence-corrected chi connectivity index (χ2v) is 8.05. The number of halogens is 1. The van der Waals surface area contributed by atoms with Gasteiger partial charge in [0.25, 0.3) is 0 Å². The molecule has 0 unspecified atom stereocenters. The lowest BCUT2D eigenvalue weighted by molar-refractivity contribution is -0.141. The van der Waals surface area contributed by atoms with Gasteiger partial charge in [0.2, 0.25) is 11.8 Å². The number of carbonyl (C=O) groups is 3. The van der Waals surface area contributed by atoms with Crippen molar-refractivity contribution >= 4 is 50.7 Å². The van der Waals surface area contributed by atoms with Crippen molar-refractivity contribution in [3.63, 3.8) is 0 Å². The first kappa shape index (κ1) is 19.6. The van der Waals surface area contributed by atoms with Crippen molar-refractivity contribution in [3.8, 4) is 0 Å². The van der Waals surface area contributed by atoms with Crippen LogP contribution >= 0.6 is 27.3 Å². The Hall–Kier alpha value is -2.19. The number of nitrogens with zero attached hydrogens (tertiary/aromatic N) is 1. The SMILES string of the molecule is COC(=O)C[C@@H](NC(=O)[C@H]1CC(=O)N(c2ccccc2Br)C1)c1cccs1. The maximum Gasteiger partial charge on any atom is 0.307 e. The monoisotopic (exact) mass is 450 g/mol. The van der Waals surface area contributed by atoms with E-state index in [1.165, 1.54) is 18.4 Å². The summed E-state index contributed by atoms with van der Waals surface area (Å²) in [5.41, 5.74) is 0.752. The number of methoxy groups -OCH3 is 1. The Morgan fingerprint density at radius 1 is 1.33 bits per heavy atom. The number of carbonyl (C=O) groups excluding carboxylic acids is 3. The molecule has 2 heterocycles. The van der Waals surface area contributed by atoms with E-state index in [-0.39, 0.29) is 24.7 Å². The van der Waals surface area contributed by atoms with Crippen LogP contribution < -0.4 is 10.2 Å². The molecule has 6 nitrogen and oxygen atoms in total. The van der Waals surface area contributed by atoms with Gasteiger partial charge in [-0.1, -0.05) is 18.2 Å². The number of benzene rings is 1. The fourth-order valence-electron chi connectivity index (χ4n) is 3.04. The van der Waals surface area contributed by atoms with E-state index in [9.17, 15) is 14.4 Å². The molecule has 0 aliphatic carbocycles. The van der Waals surface area contributed by atoms with Gasteiger partial charge in [-0.3, -0.25) is 14.4 Å². The van der Waals surface area contributed by atoms with E-state index in [1.807, 2.05) is 41.8 Å². The van der Waals surface area contributed by atoms with E-state index in [0.29, 0.717) is 6.54 Å². The molecule has 1 saturated heterocycles. The zero-order valence-corrected chi connectivity index (χ0v) is 17.1. The summed E-state index contributed by atoms with van der Waals surface area (Å²) in [6.07, 6.45) is 0.194. The van der Waals surface area contributed by atoms with Crippen LogP contribution in [0, 0.1) is 5.92 Å². The first-order chi connectivity index (χ1) is 13.0. The molecule has 1 aliphatic heterocycles. The topological polar surface area (TPSA) is 75.7 Å². The summed E-state index contributed by atoms with van der Waals surface area (Å²) < 4.78 is 5.54. The minimum atomic E-state index is -0.468. The van der Waals surface area contributed by atoms with Gasteiger partial charge in [-0.25, -0.2) is 0 Å². The van der Waals surface area contributed by atoms with E-state index < -0.39 is 17.9 Å². The average molecular weight is 451 g/mol. The molecule has 2 amide bonds. The highest BCUT2D eigenvalue weighted by Crippen LogP contribution is 2.32. The number of hydrogen-bond donors (Lipinski definition) is 1. The number of rotatable bonds is 6. The van der Waals surface area contributed by atoms with Gasteiger partial charge < -0.3 is 15.0 Å². The molecule has 0 bridgehead atoms. The number of esters is 1. The third-order valence-electron chi connectivity index (χ3n) is 4.44. The lowest BCUT2D eigenvalue weighted by atomic mass is 10.1. The van der Waals surface area contributed by atoms with Gasteiger partial charge >= 0.3 is 5.97 Å². The van der Waals surface area contributed by atoms with E-state index in [4.69, 9.17) is 4.74 Å². The molecular weight excluding hydrogens is 432 g/mol. The van der Waals surface area contributed by atoms with Crippen LogP contribution in [0.2, 0.25) is 0 Å². The summed E-state index contributed by atoms with van der Waals surface area (Å²) in [6, 6.07) is 10.7. The van der Waals surface area contributed by atoms with E-state index in [1.54, 1.807) is 4.90 Å². The molecule has 2 aromatic rings. The minimum absolute atomic E-state index is 0.0529. The molecule has 1 aromatic heterocycles. The highest BCUT2D eigenvalue weighted by molar-refractivity contribution is 9.10. The Kier molecular flexibility index (Phi) is 6.28. The fourth-order valence-corrected chi connectivity index (χ4v) is 4.32. The van der Waals surface area contributed by atoms with Crippen molar-refractivity contribution in [1.82, 2.24) is 5.32 Å². The van der Waals surface area contributed by atoms with Crippen LogP contribution in [0.15, 0.2) is 46.3 Å². The number of hydrogen-bond acceptors (Lipinski definition) is 5. The third kappa shape index (κ3) is 4.56. The van der Waals surface area contributed by atoms with Gasteiger partial charge in [-0.15, -0.1) is 11.3 Å². The standard InChI is InChI=1S/C19H19BrN2O4S/c1-26-18(24)10-14(16-7-4-8-27-16)21-19(25)12-9-17(23)22(11-12)15-6-3-2-5-13(15)20/h2-8,12,14H,9-11H2,1H3,(H,21,25)/t12-,14+/m0/s1. The molecular formula is C19H19BrN2O4S. The maximum atomic E-state index is 12.8. The maximum absolute atomic E-state index is 12.8. The number of thiophene rings is 1. The smallest absolute Gasteiger partial charge is 0.307 e. The molecule has 0 spiro atoms. The summed E-state index contributed by atoms with van der Waals surface area (Å²) >= 11 is 4.91. The molecule has 0 radical (unpaired) electrons. The van der Waals surface area contributed by atoms with Crippen molar-refractivity contribution in [2.75, 3.05) is 18.6 Å². The number of nitrogens with one attached hydrogen (secondary N) is 1. The van der Waals surface area contributed by atoms with Gasteiger partial charge in [0, 0.05) is 22.3 Å². The molecule has 27 heavy (non-hydrogen) atoms. The summed E-state index contributed by atoms with van der Waals surface area (Å²) in [5.74, 6) is -1.20. The van der Waals surface area contributed by atoms with Crippen molar-refractivity contribution in [1.29, 1.82) is 0 Å². The van der Waals surface area contributed by atoms with Crippen LogP contribution in [0.25, 0.3) is 0 Å². The van der Waals surface area contributed by atoms with Crippen molar-refractivity contribution in [2.24, 2.45) is 5.92 Å². The first-order valence-electron chi connectivity index (χ1n) is 8.45. The Morgan fingerprint density at radius 3 is 2.78 bits per heavy atom. The molecule has 2 atom stereocenters. The predicted molar refractivity (Wildman–Crippen MR) is 106 cm³/mol. The van der Waals surface area contributed by atoms with Crippen LogP contribution in [0.4, 0.5) is 5.69 Å². The van der Waals surface area contributed by atoms with Crippen LogP contribution in [0.3, 0.4) is 0 Å². The van der Waals surface area contributed by atoms with Crippen LogP contribution in [-0.2, 0) is 19.1 Å². The highest BCUT2D eigenvalue weighted by Gasteiger charge is 2.36. The summed E-state index contributed by atoms with van der Waals surface area (Å²) in [5, 5.41) is 4.80. The Balaban J connectivity index is 1.71. The Morgan fingerprint density at radius 2 is 2.11 bits per heavy atom. The summed E-state index contributed by atoms with van der Waals surface area (Å²) in [6.45, 7) is 0.308. The number of ether oxygens (including phenoxy) is 1. The van der Waals surface area contributed by atoms with Gasteiger partial charge in [0.1, 0.15) is 0 Å². The zero-order valence-electron chi connectivity index (χ0n) is 14.7. The van der Waals surface area contributed by atoms with Crippen molar-refractivity contribution < 1.29 is 19.1 Å². The molecule has 1 aliphatic rings. The molecule has 3 rings (SSSR count). The second kappa shape index (κ2) is 8.67. The fraction of sp³-hybridized carbons (Fsp3) is 0.316. The lowest BCUT2D eigenvalue weighted by Gasteiger charge is -2.20. The third-order valence-corrected chi connectivity index (χ3v) is 6.10. The number of amides is 2. The van der Waals surface area contributed by atoms with Crippen molar-refractivity contribution in [3.05, 3.63) is 51.1 Å². The Bertz CT molecular complexity index is 840. The van der Waals surface area contributed by atoms with E-state index in [0.717, 1.165) is 15.0 Å². The molecule has 0 saturated carbocycles. The molecule has 142 valence electrons. The average Bonchev–Trinajstić information content (AvgIpc) is 3.31. The second-order valence-electron chi connectivity index (χ2n) is 6.21. The van der Waals surface area contributed by atoms with Gasteiger partial charge in [-0.05, 0) is 39.5 Å². The van der Waals surface area contributed by atoms with E-state index >= 15 is 0 Å². The van der Waals surface area contributed by atoms with Gasteiger partial charge in [0.05, 0.1) is 31.2 Å². The lowest BCUT2D eigenvalue weighted by Crippen LogP contribution is -2.36. The largest absolute Gasteiger partial charge is 0.469 e. The molecule has 1 aromatic carbocycles. The molecule has 1 fully saturated rings. The quantitative estimate of drug-likeness (QED) is 0.685. The number of anilines is 1. The van der Waals surface area contributed by atoms with Gasteiger partial charge in [0.15, 0.2) is 0 Å². The van der Waals surface area contributed by atoms with Crippen LogP contribution in [-0.4, -0.2) is 31.4 Å². The number of para-hydroxylation sites is 1. The van der Waals surface area contributed by atoms with Crippen LogP contribution in [0.1, 0.15) is 23.8 Å². The zero-order chi connectivity index (χ0) is 19.4. The van der Waals surface area contributed by atoms with Crippen molar-refractivity contribution in [2.45, 2.75) is 18.9 Å². The first-order valence-corrected chi connectivity index (χ1v) is 10.1. The Labute approximate surface area is 169 Å². The summed E-state index contributed by atoms with van der Waals surface area (Å²) in [7, 11) is 1.32. The van der Waals surface area contributed by atoms with Gasteiger partial charge in [-0.2, -0.15) is 0 Å². The summed E-state index contributed by atoms with van der Waals surface area (Å²) in [4.78, 5) is 39.4. The van der Waals surface area contributed by atoms with E-state index in [2.05, 4.69) is 21.2 Å². The normalized spacial score (nSPS) is 17.6.